The van der Waals surface area contributed by atoms with Crippen molar-refractivity contribution < 1.29 is 9.53 Å². The number of esters is 1. The van der Waals surface area contributed by atoms with Gasteiger partial charge in [-0.3, -0.25) is 4.79 Å². The zero-order chi connectivity index (χ0) is 11.4. The van der Waals surface area contributed by atoms with Crippen LogP contribution in [0.1, 0.15) is 5.56 Å². The molecule has 1 atom stereocenters. The van der Waals surface area contributed by atoms with Gasteiger partial charge in [-0.25, -0.2) is 0 Å². The van der Waals surface area contributed by atoms with Crippen molar-refractivity contribution in [2.45, 2.75) is 11.8 Å². The quantitative estimate of drug-likeness (QED) is 0.471. The van der Waals surface area contributed by atoms with E-state index in [0.717, 1.165) is 9.13 Å². The Bertz CT molecular complexity index is 368. The molecule has 0 fully saturated rings. The largest absolute Gasteiger partial charge is 0.468 e. The molecule has 0 amide bonds. The normalized spacial score (nSPS) is 12.3. The highest BCUT2D eigenvalue weighted by Gasteiger charge is 2.17. The Morgan fingerprint density at radius 3 is 2.80 bits per heavy atom. The van der Waals surface area contributed by atoms with Crippen molar-refractivity contribution in [3.63, 3.8) is 0 Å². The predicted molar refractivity (Wildman–Crippen MR) is 69.5 cm³/mol. The van der Waals surface area contributed by atoms with E-state index in [0.29, 0.717) is 11.4 Å². The first kappa shape index (κ1) is 13.1. The van der Waals surface area contributed by atoms with Crippen LogP contribution in [0.25, 0.3) is 0 Å². The fraction of sp³-hybridized carbons (Fsp3) is 0.300. The molecule has 2 nitrogen and oxygen atoms in total. The number of carbonyl (C=O) groups is 1. The van der Waals surface area contributed by atoms with Crippen LogP contribution in [0.5, 0.6) is 0 Å². The molecule has 1 aromatic rings. The van der Waals surface area contributed by atoms with Crippen LogP contribution in [0.15, 0.2) is 18.2 Å². The summed E-state index contributed by atoms with van der Waals surface area (Å²) in [6, 6.07) is 5.47. The number of halogens is 3. The third kappa shape index (κ3) is 3.81. The van der Waals surface area contributed by atoms with Crippen LogP contribution in [0.4, 0.5) is 0 Å². The van der Waals surface area contributed by atoms with Crippen LogP contribution in [0.2, 0.25) is 5.02 Å². The zero-order valence-electron chi connectivity index (χ0n) is 7.97. The van der Waals surface area contributed by atoms with E-state index in [1.807, 2.05) is 12.1 Å². The lowest BCUT2D eigenvalue weighted by atomic mass is 10.1. The molecular weight excluding hydrogens is 350 g/mol. The maximum absolute atomic E-state index is 11.1. The molecule has 15 heavy (non-hydrogen) atoms. The summed E-state index contributed by atoms with van der Waals surface area (Å²) in [5.41, 5.74) is 0.991. The molecule has 0 bridgehead atoms. The van der Waals surface area contributed by atoms with Gasteiger partial charge in [-0.15, -0.1) is 11.6 Å². The Morgan fingerprint density at radius 1 is 1.60 bits per heavy atom. The van der Waals surface area contributed by atoms with Crippen molar-refractivity contribution >= 4 is 51.8 Å². The van der Waals surface area contributed by atoms with Crippen LogP contribution in [-0.2, 0) is 16.0 Å². The highest BCUT2D eigenvalue weighted by molar-refractivity contribution is 14.1. The van der Waals surface area contributed by atoms with Gasteiger partial charge in [0.25, 0.3) is 0 Å². The number of ether oxygens (including phenoxy) is 1. The van der Waals surface area contributed by atoms with Crippen molar-refractivity contribution in [2.24, 2.45) is 0 Å². The molecule has 0 heterocycles. The molecule has 1 unspecified atom stereocenters. The number of rotatable bonds is 3. The molecule has 0 N–H and O–H groups in total. The van der Waals surface area contributed by atoms with Gasteiger partial charge in [-0.1, -0.05) is 17.7 Å². The van der Waals surface area contributed by atoms with Crippen LogP contribution < -0.4 is 0 Å². The number of carbonyl (C=O) groups excluding carboxylic acids is 1. The van der Waals surface area contributed by atoms with E-state index in [9.17, 15) is 4.79 Å². The van der Waals surface area contributed by atoms with Gasteiger partial charge in [0.2, 0.25) is 0 Å². The average molecular weight is 359 g/mol. The SMILES string of the molecule is COC(=O)C(Cl)Cc1ccc(Cl)cc1I. The highest BCUT2D eigenvalue weighted by atomic mass is 127. The zero-order valence-corrected chi connectivity index (χ0v) is 11.6. The Labute approximate surface area is 112 Å². The van der Waals surface area contributed by atoms with Gasteiger partial charge in [0.05, 0.1) is 7.11 Å². The molecule has 0 radical (unpaired) electrons. The van der Waals surface area contributed by atoms with E-state index in [2.05, 4.69) is 27.3 Å². The number of methoxy groups -OCH3 is 1. The Kier molecular flexibility index (Phi) is 5.15. The fourth-order valence-corrected chi connectivity index (χ4v) is 2.44. The molecule has 5 heteroatoms. The summed E-state index contributed by atoms with van der Waals surface area (Å²) in [7, 11) is 1.32. The van der Waals surface area contributed by atoms with E-state index >= 15 is 0 Å². The molecule has 1 aromatic carbocycles. The lowest BCUT2D eigenvalue weighted by Crippen LogP contribution is -2.19. The summed E-state index contributed by atoms with van der Waals surface area (Å²) in [5, 5.41) is 0.0250. The third-order valence-corrected chi connectivity index (χ3v) is 3.44. The maximum atomic E-state index is 11.1. The van der Waals surface area contributed by atoms with E-state index in [4.69, 9.17) is 23.2 Å². The number of hydrogen-bond acceptors (Lipinski definition) is 2. The van der Waals surface area contributed by atoms with E-state index in [1.54, 1.807) is 6.07 Å². The smallest absolute Gasteiger partial charge is 0.324 e. The molecule has 0 aliphatic heterocycles. The van der Waals surface area contributed by atoms with Crippen molar-refractivity contribution in [2.75, 3.05) is 7.11 Å². The van der Waals surface area contributed by atoms with E-state index in [-0.39, 0.29) is 0 Å². The molecule has 0 aliphatic rings. The Balaban J connectivity index is 2.76. The monoisotopic (exact) mass is 358 g/mol. The Hall–Kier alpha value is -0.000000000000000111. The first-order valence-electron chi connectivity index (χ1n) is 4.20. The number of hydrogen-bond donors (Lipinski definition) is 0. The van der Waals surface area contributed by atoms with Gasteiger partial charge in [0.15, 0.2) is 0 Å². The van der Waals surface area contributed by atoms with Crippen LogP contribution in [0.3, 0.4) is 0 Å². The van der Waals surface area contributed by atoms with Crippen molar-refractivity contribution in [3.8, 4) is 0 Å². The van der Waals surface area contributed by atoms with Gasteiger partial charge in [0.1, 0.15) is 5.38 Å². The molecule has 82 valence electrons. The van der Waals surface area contributed by atoms with Gasteiger partial charge < -0.3 is 4.74 Å². The van der Waals surface area contributed by atoms with Gasteiger partial charge >= 0.3 is 5.97 Å². The predicted octanol–water partition coefficient (Wildman–Crippen LogP) is 3.27. The van der Waals surface area contributed by atoms with Crippen LogP contribution >= 0.6 is 45.8 Å². The summed E-state index contributed by atoms with van der Waals surface area (Å²) in [5.74, 6) is -0.414. The summed E-state index contributed by atoms with van der Waals surface area (Å²) in [6.45, 7) is 0. The average Bonchev–Trinajstić information content (AvgIpc) is 2.20. The molecule has 1 rings (SSSR count). The van der Waals surface area contributed by atoms with Crippen LogP contribution in [0, 0.1) is 3.57 Å². The minimum Gasteiger partial charge on any atom is -0.468 e. The van der Waals surface area contributed by atoms with Gasteiger partial charge in [-0.2, -0.15) is 0 Å². The first-order valence-corrected chi connectivity index (χ1v) is 6.09. The number of alkyl halides is 1. The fourth-order valence-electron chi connectivity index (χ4n) is 1.09. The molecule has 0 aliphatic carbocycles. The second-order valence-corrected chi connectivity index (χ2v) is 5.06. The second kappa shape index (κ2) is 5.92. The summed E-state index contributed by atoms with van der Waals surface area (Å²) in [4.78, 5) is 11.1. The molecular formula is C10H9Cl2IO2. The van der Waals surface area contributed by atoms with Crippen molar-refractivity contribution in [1.29, 1.82) is 0 Å². The van der Waals surface area contributed by atoms with E-state index < -0.39 is 11.3 Å². The molecule has 0 spiro atoms. The maximum Gasteiger partial charge on any atom is 0.324 e. The lowest BCUT2D eigenvalue weighted by Gasteiger charge is -2.09. The topological polar surface area (TPSA) is 26.3 Å². The highest BCUT2D eigenvalue weighted by Crippen LogP contribution is 2.20. The minimum absolute atomic E-state index is 0.414. The Morgan fingerprint density at radius 2 is 2.27 bits per heavy atom. The van der Waals surface area contributed by atoms with Gasteiger partial charge in [-0.05, 0) is 40.3 Å². The second-order valence-electron chi connectivity index (χ2n) is 2.93. The molecule has 0 saturated carbocycles. The molecule has 0 aromatic heterocycles. The van der Waals surface area contributed by atoms with Gasteiger partial charge in [0, 0.05) is 15.0 Å². The van der Waals surface area contributed by atoms with Crippen molar-refractivity contribution in [3.05, 3.63) is 32.4 Å². The standard InChI is InChI=1S/C10H9Cl2IO2/c1-15-10(14)8(12)4-6-2-3-7(11)5-9(6)13/h2-3,5,8H,4H2,1H3. The molecule has 0 saturated heterocycles. The summed E-state index contributed by atoms with van der Waals surface area (Å²) < 4.78 is 5.54. The van der Waals surface area contributed by atoms with E-state index in [1.165, 1.54) is 7.11 Å². The minimum atomic E-state index is -0.648. The van der Waals surface area contributed by atoms with Crippen molar-refractivity contribution in [1.82, 2.24) is 0 Å². The lowest BCUT2D eigenvalue weighted by molar-refractivity contribution is -0.140. The van der Waals surface area contributed by atoms with Crippen LogP contribution in [-0.4, -0.2) is 18.5 Å². The third-order valence-electron chi connectivity index (χ3n) is 1.87. The summed E-state index contributed by atoms with van der Waals surface area (Å²) in [6.07, 6.45) is 0.448. The summed E-state index contributed by atoms with van der Waals surface area (Å²) >= 11 is 13.8. The number of benzene rings is 1. The first-order chi connectivity index (χ1) is 7.04.